The van der Waals surface area contributed by atoms with Crippen molar-refractivity contribution < 1.29 is 13.9 Å². The van der Waals surface area contributed by atoms with Crippen LogP contribution in [0, 0.1) is 5.82 Å². The molecular weight excluding hydrogens is 452 g/mol. The Labute approximate surface area is 194 Å². The van der Waals surface area contributed by atoms with Crippen molar-refractivity contribution in [2.24, 2.45) is 0 Å². The molecule has 4 rings (SSSR count). The predicted octanol–water partition coefficient (Wildman–Crippen LogP) is 6.21. The van der Waals surface area contributed by atoms with Crippen LogP contribution in [0.4, 0.5) is 10.2 Å². The van der Waals surface area contributed by atoms with Gasteiger partial charge in [-0.25, -0.2) is 4.39 Å². The molecule has 0 bridgehead atoms. The summed E-state index contributed by atoms with van der Waals surface area (Å²) in [5.74, 6) is 0.245. The molecule has 1 aromatic heterocycles. The summed E-state index contributed by atoms with van der Waals surface area (Å²) < 4.78 is 20.4. The van der Waals surface area contributed by atoms with Gasteiger partial charge in [0.2, 0.25) is 0 Å². The van der Waals surface area contributed by atoms with Gasteiger partial charge in [-0.3, -0.25) is 9.48 Å². The molecule has 1 N–H and O–H groups in total. The third-order valence-electron chi connectivity index (χ3n) is 4.60. The summed E-state index contributed by atoms with van der Waals surface area (Å²) in [6.45, 7) is 0.681. The Morgan fingerprint density at radius 2 is 1.78 bits per heavy atom. The summed E-state index contributed by atoms with van der Waals surface area (Å²) in [7, 11) is 0. The van der Waals surface area contributed by atoms with Crippen molar-refractivity contribution in [3.63, 3.8) is 0 Å². The molecule has 0 aliphatic carbocycles. The quantitative estimate of drug-likeness (QED) is 0.350. The summed E-state index contributed by atoms with van der Waals surface area (Å²) in [5.41, 5.74) is 2.13. The number of nitrogens with one attached hydrogen (secondary N) is 1. The highest BCUT2D eigenvalue weighted by Gasteiger charge is 2.13. The second-order valence-electron chi connectivity index (χ2n) is 7.05. The molecule has 0 saturated heterocycles. The average molecular weight is 470 g/mol. The van der Waals surface area contributed by atoms with E-state index in [0.717, 1.165) is 11.1 Å². The smallest absolute Gasteiger partial charge is 0.256 e. The van der Waals surface area contributed by atoms with Crippen molar-refractivity contribution >= 4 is 34.9 Å². The zero-order valence-electron chi connectivity index (χ0n) is 16.8. The lowest BCUT2D eigenvalue weighted by Crippen LogP contribution is -2.13. The molecule has 32 heavy (non-hydrogen) atoms. The fourth-order valence-corrected chi connectivity index (χ4v) is 3.42. The number of carbonyl (C=O) groups is 1. The van der Waals surface area contributed by atoms with Crippen molar-refractivity contribution in [1.82, 2.24) is 9.78 Å². The molecule has 0 aliphatic heterocycles. The topological polar surface area (TPSA) is 56.2 Å². The van der Waals surface area contributed by atoms with Crippen molar-refractivity contribution in [1.29, 1.82) is 0 Å². The maximum atomic E-state index is 13.1. The molecular formula is C24H18Cl2FN3O2. The Morgan fingerprint density at radius 3 is 2.56 bits per heavy atom. The van der Waals surface area contributed by atoms with E-state index in [-0.39, 0.29) is 24.1 Å². The van der Waals surface area contributed by atoms with Crippen molar-refractivity contribution in [3.8, 4) is 5.75 Å². The summed E-state index contributed by atoms with van der Waals surface area (Å²) in [6, 6.07) is 20.3. The SMILES string of the molecule is O=C(Nc1nn(Cc2ccc(F)cc2)cc1Cl)c1cccc(COc2cccc(Cl)c2)c1. The Hall–Kier alpha value is -3.35. The largest absolute Gasteiger partial charge is 0.489 e. The van der Waals surface area contributed by atoms with Gasteiger partial charge >= 0.3 is 0 Å². The molecule has 0 atom stereocenters. The second-order valence-corrected chi connectivity index (χ2v) is 7.89. The number of nitrogens with zero attached hydrogens (tertiary/aromatic N) is 2. The minimum absolute atomic E-state index is 0.249. The van der Waals surface area contributed by atoms with Gasteiger partial charge in [0.15, 0.2) is 5.82 Å². The number of rotatable bonds is 7. The van der Waals surface area contributed by atoms with Crippen LogP contribution in [-0.4, -0.2) is 15.7 Å². The lowest BCUT2D eigenvalue weighted by atomic mass is 10.1. The summed E-state index contributed by atoms with van der Waals surface area (Å²) in [6.07, 6.45) is 1.61. The maximum absolute atomic E-state index is 13.1. The van der Waals surface area contributed by atoms with Gasteiger partial charge in [0.25, 0.3) is 5.91 Å². The third kappa shape index (κ3) is 5.66. The van der Waals surface area contributed by atoms with Crippen LogP contribution in [-0.2, 0) is 13.2 Å². The van der Waals surface area contributed by atoms with E-state index in [1.54, 1.807) is 59.4 Å². The first-order valence-corrected chi connectivity index (χ1v) is 10.5. The highest BCUT2D eigenvalue weighted by atomic mass is 35.5. The van der Waals surface area contributed by atoms with E-state index in [0.29, 0.717) is 27.9 Å². The van der Waals surface area contributed by atoms with E-state index >= 15 is 0 Å². The van der Waals surface area contributed by atoms with Gasteiger partial charge in [-0.2, -0.15) is 5.10 Å². The molecule has 4 aromatic rings. The fraction of sp³-hybridized carbons (Fsp3) is 0.0833. The molecule has 0 saturated carbocycles. The Balaban J connectivity index is 1.41. The molecule has 0 aliphatic rings. The lowest BCUT2D eigenvalue weighted by Gasteiger charge is -2.08. The van der Waals surface area contributed by atoms with Crippen LogP contribution in [0.15, 0.2) is 79.0 Å². The highest BCUT2D eigenvalue weighted by molar-refractivity contribution is 6.33. The molecule has 1 amide bonds. The molecule has 3 aromatic carbocycles. The van der Waals surface area contributed by atoms with Gasteiger partial charge in [0, 0.05) is 16.8 Å². The number of anilines is 1. The van der Waals surface area contributed by atoms with Crippen LogP contribution in [0.5, 0.6) is 5.75 Å². The molecule has 0 radical (unpaired) electrons. The number of hydrogen-bond donors (Lipinski definition) is 1. The second kappa shape index (κ2) is 9.85. The molecule has 162 valence electrons. The van der Waals surface area contributed by atoms with E-state index < -0.39 is 0 Å². The maximum Gasteiger partial charge on any atom is 0.256 e. The summed E-state index contributed by atoms with van der Waals surface area (Å²) >= 11 is 12.2. The van der Waals surface area contributed by atoms with Crippen molar-refractivity contribution in [2.45, 2.75) is 13.2 Å². The Kier molecular flexibility index (Phi) is 6.73. The van der Waals surface area contributed by atoms with E-state index in [9.17, 15) is 9.18 Å². The minimum atomic E-state index is -0.344. The van der Waals surface area contributed by atoms with Crippen LogP contribution < -0.4 is 10.1 Å². The molecule has 1 heterocycles. The first-order chi connectivity index (χ1) is 15.5. The highest BCUT2D eigenvalue weighted by Crippen LogP contribution is 2.22. The first kappa shape index (κ1) is 21.9. The lowest BCUT2D eigenvalue weighted by molar-refractivity contribution is 0.102. The first-order valence-electron chi connectivity index (χ1n) is 9.72. The summed E-state index contributed by atoms with van der Waals surface area (Å²) in [4.78, 5) is 12.7. The van der Waals surface area contributed by atoms with Gasteiger partial charge in [-0.15, -0.1) is 0 Å². The van der Waals surface area contributed by atoms with Gasteiger partial charge in [0.1, 0.15) is 23.2 Å². The molecule has 0 spiro atoms. The molecule has 0 fully saturated rings. The molecule has 8 heteroatoms. The Morgan fingerprint density at radius 1 is 1.00 bits per heavy atom. The normalized spacial score (nSPS) is 10.7. The van der Waals surface area contributed by atoms with E-state index in [4.69, 9.17) is 27.9 Å². The molecule has 0 unspecified atom stereocenters. The number of ether oxygens (including phenoxy) is 1. The summed E-state index contributed by atoms with van der Waals surface area (Å²) in [5, 5.41) is 7.95. The monoisotopic (exact) mass is 469 g/mol. The fourth-order valence-electron chi connectivity index (χ4n) is 3.05. The van der Waals surface area contributed by atoms with Gasteiger partial charge in [0.05, 0.1) is 6.54 Å². The van der Waals surface area contributed by atoms with Crippen molar-refractivity contribution in [3.05, 3.63) is 112 Å². The average Bonchev–Trinajstić information content (AvgIpc) is 3.12. The van der Waals surface area contributed by atoms with Crippen LogP contribution >= 0.6 is 23.2 Å². The van der Waals surface area contributed by atoms with Crippen molar-refractivity contribution in [2.75, 3.05) is 5.32 Å². The minimum Gasteiger partial charge on any atom is -0.489 e. The van der Waals surface area contributed by atoms with E-state index in [1.807, 2.05) is 12.1 Å². The zero-order chi connectivity index (χ0) is 22.5. The van der Waals surface area contributed by atoms with Gasteiger partial charge < -0.3 is 10.1 Å². The number of hydrogen-bond acceptors (Lipinski definition) is 3. The van der Waals surface area contributed by atoms with Crippen LogP contribution in [0.1, 0.15) is 21.5 Å². The standard InChI is InChI=1S/C24H18Cl2FN3O2/c25-19-5-2-6-21(12-19)32-15-17-3-1-4-18(11-17)24(31)28-23-22(26)14-30(29-23)13-16-7-9-20(27)10-8-16/h1-12,14H,13,15H2,(H,28,29,31). The van der Waals surface area contributed by atoms with Gasteiger partial charge in [-0.1, -0.05) is 53.5 Å². The van der Waals surface area contributed by atoms with Crippen LogP contribution in [0.25, 0.3) is 0 Å². The Bertz CT molecular complexity index is 1240. The third-order valence-corrected chi connectivity index (χ3v) is 5.11. The van der Waals surface area contributed by atoms with Gasteiger partial charge in [-0.05, 0) is 53.6 Å². The van der Waals surface area contributed by atoms with E-state index in [2.05, 4.69) is 10.4 Å². The van der Waals surface area contributed by atoms with E-state index in [1.165, 1.54) is 12.1 Å². The predicted molar refractivity (Wildman–Crippen MR) is 123 cm³/mol. The number of halogens is 3. The number of benzene rings is 3. The number of carbonyl (C=O) groups excluding carboxylic acids is 1. The van der Waals surface area contributed by atoms with Crippen LogP contribution in [0.2, 0.25) is 10.0 Å². The zero-order valence-corrected chi connectivity index (χ0v) is 18.3. The number of amides is 1. The van der Waals surface area contributed by atoms with Crippen LogP contribution in [0.3, 0.4) is 0 Å². The number of aromatic nitrogens is 2. The molecule has 5 nitrogen and oxygen atoms in total.